The van der Waals surface area contributed by atoms with Gasteiger partial charge in [0.2, 0.25) is 0 Å². The Hall–Kier alpha value is -2.53. The lowest BCUT2D eigenvalue weighted by Crippen LogP contribution is -2.69. The number of esters is 1. The van der Waals surface area contributed by atoms with Crippen LogP contribution in [0.3, 0.4) is 0 Å². The second-order valence-corrected chi connectivity index (χ2v) is 12.7. The molecule has 0 aliphatic rings. The summed E-state index contributed by atoms with van der Waals surface area (Å²) < 4.78 is 11.9. The van der Waals surface area contributed by atoms with Gasteiger partial charge in [-0.25, -0.2) is 0 Å². The molecule has 0 fully saturated rings. The molecule has 1 atom stereocenters. The highest BCUT2D eigenvalue weighted by atomic mass is 32.1. The molecule has 0 aliphatic heterocycles. The van der Waals surface area contributed by atoms with Crippen LogP contribution in [0.4, 0.5) is 0 Å². The van der Waals surface area contributed by atoms with Crippen LogP contribution in [0.15, 0.2) is 60.7 Å². The van der Waals surface area contributed by atoms with Crippen LogP contribution in [0.25, 0.3) is 0 Å². The Morgan fingerprint density at radius 2 is 1.55 bits per heavy atom. The van der Waals surface area contributed by atoms with E-state index in [1.54, 1.807) is 6.92 Å². The minimum atomic E-state index is -2.93. The Kier molecular flexibility index (Phi) is 8.51. The van der Waals surface area contributed by atoms with Crippen LogP contribution < -0.4 is 10.4 Å². The fourth-order valence-electron chi connectivity index (χ4n) is 3.63. The Morgan fingerprint density at radius 3 is 1.90 bits per heavy atom. The molecule has 0 spiro atoms. The van der Waals surface area contributed by atoms with E-state index in [1.807, 2.05) is 49.4 Å². The fourth-order valence-corrected chi connectivity index (χ4v) is 8.44. The van der Waals surface area contributed by atoms with Gasteiger partial charge < -0.3 is 9.26 Å². The van der Waals surface area contributed by atoms with Crippen molar-refractivity contribution in [3.8, 4) is 6.07 Å². The van der Waals surface area contributed by atoms with Crippen LogP contribution in [0.5, 0.6) is 0 Å². The number of nitrogens with zero attached hydrogens (tertiary/aromatic N) is 2. The maximum Gasteiger partial charge on any atom is 0.330 e. The van der Waals surface area contributed by atoms with Gasteiger partial charge in [-0.05, 0) is 29.3 Å². The Morgan fingerprint density at radius 1 is 1.06 bits per heavy atom. The second-order valence-electron chi connectivity index (χ2n) is 8.10. The normalized spacial score (nSPS) is 12.5. The van der Waals surface area contributed by atoms with Crippen molar-refractivity contribution in [3.05, 3.63) is 60.7 Å². The summed E-state index contributed by atoms with van der Waals surface area (Å²) >= 11 is 5.58. The van der Waals surface area contributed by atoms with Gasteiger partial charge in [0.15, 0.2) is 5.92 Å². The van der Waals surface area contributed by atoms with Crippen molar-refractivity contribution >= 4 is 41.9 Å². The SMILES string of the molecule is CCOC(=O)C(C#N)C(=S)N(CC)O[Si](c1ccccc1)(c1ccccc1)C(C)(C)C. The summed E-state index contributed by atoms with van der Waals surface area (Å²) in [5.41, 5.74) is 0. The number of carbonyl (C=O) groups is 1. The van der Waals surface area contributed by atoms with E-state index in [0.717, 1.165) is 10.4 Å². The van der Waals surface area contributed by atoms with E-state index in [-0.39, 0.29) is 16.6 Å². The quantitative estimate of drug-likeness (QED) is 0.261. The number of hydrogen-bond acceptors (Lipinski definition) is 5. The standard InChI is InChI=1S/C24H30N2O3SSi/c1-6-26(22(30)21(18-25)23(27)28-7-2)29-31(24(3,4)5,19-14-10-8-11-15-19)20-16-12-9-13-17-20/h8-17,21H,6-7H2,1-5H3. The molecule has 0 N–H and O–H groups in total. The van der Waals surface area contributed by atoms with Crippen molar-refractivity contribution in [1.82, 2.24) is 5.06 Å². The molecule has 0 aromatic heterocycles. The number of thiocarbonyl (C=S) groups is 1. The molecule has 2 aromatic carbocycles. The van der Waals surface area contributed by atoms with Gasteiger partial charge in [0, 0.05) is 6.54 Å². The van der Waals surface area contributed by atoms with Crippen LogP contribution in [-0.2, 0) is 14.1 Å². The maximum absolute atomic E-state index is 12.3. The number of rotatable bonds is 8. The first-order chi connectivity index (χ1) is 14.7. The number of nitriles is 1. The zero-order valence-corrected chi connectivity index (χ0v) is 20.6. The molecule has 7 heteroatoms. The molecule has 2 rings (SSSR count). The van der Waals surface area contributed by atoms with Gasteiger partial charge >= 0.3 is 5.97 Å². The highest BCUT2D eigenvalue weighted by Crippen LogP contribution is 2.37. The molecular weight excluding hydrogens is 424 g/mol. The number of carbonyl (C=O) groups excluding carboxylic acids is 1. The number of benzene rings is 2. The van der Waals surface area contributed by atoms with Gasteiger partial charge in [-0.15, -0.1) is 0 Å². The van der Waals surface area contributed by atoms with E-state index in [1.165, 1.54) is 5.06 Å². The average Bonchev–Trinajstić information content (AvgIpc) is 2.75. The van der Waals surface area contributed by atoms with Gasteiger partial charge in [-0.3, -0.25) is 9.86 Å². The van der Waals surface area contributed by atoms with E-state index in [0.29, 0.717) is 6.54 Å². The lowest BCUT2D eigenvalue weighted by atomic mass is 10.1. The topological polar surface area (TPSA) is 62.6 Å². The molecule has 0 aliphatic carbocycles. The first-order valence-corrected chi connectivity index (χ1v) is 12.7. The van der Waals surface area contributed by atoms with Crippen molar-refractivity contribution in [2.24, 2.45) is 5.92 Å². The molecule has 0 radical (unpaired) electrons. The molecule has 31 heavy (non-hydrogen) atoms. The van der Waals surface area contributed by atoms with Gasteiger partial charge in [0.25, 0.3) is 8.32 Å². The Labute approximate surface area is 191 Å². The van der Waals surface area contributed by atoms with E-state index < -0.39 is 20.2 Å². The molecule has 0 heterocycles. The summed E-state index contributed by atoms with van der Waals surface area (Å²) in [7, 11) is -2.93. The van der Waals surface area contributed by atoms with Crippen molar-refractivity contribution in [2.75, 3.05) is 13.2 Å². The predicted molar refractivity (Wildman–Crippen MR) is 129 cm³/mol. The lowest BCUT2D eigenvalue weighted by molar-refractivity contribution is -0.144. The summed E-state index contributed by atoms with van der Waals surface area (Å²) in [5, 5.41) is 13.1. The minimum Gasteiger partial charge on any atom is -0.465 e. The molecule has 0 saturated heterocycles. The maximum atomic E-state index is 12.3. The molecule has 5 nitrogen and oxygen atoms in total. The second kappa shape index (κ2) is 10.7. The fraction of sp³-hybridized carbons (Fsp3) is 0.375. The first kappa shape index (κ1) is 24.7. The van der Waals surface area contributed by atoms with Crippen LogP contribution in [0, 0.1) is 17.2 Å². The van der Waals surface area contributed by atoms with E-state index in [9.17, 15) is 10.1 Å². The predicted octanol–water partition coefficient (Wildman–Crippen LogP) is 3.83. The van der Waals surface area contributed by atoms with E-state index in [2.05, 4.69) is 45.0 Å². The van der Waals surface area contributed by atoms with E-state index in [4.69, 9.17) is 21.5 Å². The molecule has 0 saturated carbocycles. The monoisotopic (exact) mass is 454 g/mol. The summed E-state index contributed by atoms with van der Waals surface area (Å²) in [5.74, 6) is -1.85. The third kappa shape index (κ3) is 5.21. The number of hydroxylamine groups is 2. The Balaban J connectivity index is 2.63. The van der Waals surface area contributed by atoms with Gasteiger partial charge in [0.1, 0.15) is 4.99 Å². The minimum absolute atomic E-state index is 0.122. The van der Waals surface area contributed by atoms with Crippen molar-refractivity contribution in [1.29, 1.82) is 5.26 Å². The zero-order valence-electron chi connectivity index (χ0n) is 18.8. The van der Waals surface area contributed by atoms with Gasteiger partial charge in [-0.1, -0.05) is 93.7 Å². The van der Waals surface area contributed by atoms with Crippen molar-refractivity contribution in [3.63, 3.8) is 0 Å². The molecule has 0 bridgehead atoms. The molecule has 0 amide bonds. The summed E-state index contributed by atoms with van der Waals surface area (Å²) in [4.78, 5) is 12.5. The first-order valence-electron chi connectivity index (χ1n) is 10.4. The third-order valence-electron chi connectivity index (χ3n) is 5.10. The van der Waals surface area contributed by atoms with Crippen LogP contribution in [-0.4, -0.2) is 37.5 Å². The largest absolute Gasteiger partial charge is 0.465 e. The smallest absolute Gasteiger partial charge is 0.330 e. The van der Waals surface area contributed by atoms with Crippen LogP contribution in [0.2, 0.25) is 5.04 Å². The van der Waals surface area contributed by atoms with Gasteiger partial charge in [-0.2, -0.15) is 5.26 Å². The van der Waals surface area contributed by atoms with Crippen molar-refractivity contribution in [2.45, 2.75) is 39.7 Å². The highest BCUT2D eigenvalue weighted by Gasteiger charge is 2.53. The Bertz CT molecular complexity index is 884. The van der Waals surface area contributed by atoms with Gasteiger partial charge in [0.05, 0.1) is 12.7 Å². The number of ether oxygens (including phenoxy) is 1. The van der Waals surface area contributed by atoms with Crippen molar-refractivity contribution < 1.29 is 14.1 Å². The third-order valence-corrected chi connectivity index (χ3v) is 10.4. The van der Waals surface area contributed by atoms with Crippen LogP contribution in [0.1, 0.15) is 34.6 Å². The summed E-state index contributed by atoms with van der Waals surface area (Å²) in [6, 6.07) is 22.3. The summed E-state index contributed by atoms with van der Waals surface area (Å²) in [6.45, 7) is 10.6. The lowest BCUT2D eigenvalue weighted by Gasteiger charge is -2.45. The zero-order chi connectivity index (χ0) is 23.1. The van der Waals surface area contributed by atoms with E-state index >= 15 is 0 Å². The van der Waals surface area contributed by atoms with Crippen LogP contribution >= 0.6 is 12.2 Å². The molecule has 1 unspecified atom stereocenters. The average molecular weight is 455 g/mol. The highest BCUT2D eigenvalue weighted by molar-refractivity contribution is 7.80. The molecule has 2 aromatic rings. The number of hydrogen-bond donors (Lipinski definition) is 0. The molecule has 164 valence electrons. The molecular formula is C24H30N2O3SSi. The summed E-state index contributed by atoms with van der Waals surface area (Å²) in [6.07, 6.45) is 0.